The molecule has 3 aliphatic rings. The van der Waals surface area contributed by atoms with E-state index in [2.05, 4.69) is 183 Å². The Hall–Kier alpha value is -6.59. The van der Waals surface area contributed by atoms with Crippen molar-refractivity contribution in [2.45, 2.75) is 36.0 Å². The molecule has 0 bridgehead atoms. The fourth-order valence-electron chi connectivity index (χ4n) is 10.5. The highest BCUT2D eigenvalue weighted by atomic mass is 32.2. The fourth-order valence-corrected chi connectivity index (χ4v) is 16.9. The molecule has 0 spiro atoms. The lowest BCUT2D eigenvalue weighted by Gasteiger charge is -2.41. The van der Waals surface area contributed by atoms with Gasteiger partial charge in [0.05, 0.1) is 6.85 Å². The molecule has 3 heterocycles. The van der Waals surface area contributed by atoms with E-state index in [0.29, 0.717) is 5.56 Å². The maximum Gasteiger partial charge on any atom is 0.249 e. The monoisotopic (exact) mass is 830 g/mol. The van der Waals surface area contributed by atoms with Crippen molar-refractivity contribution in [2.75, 3.05) is 4.90 Å². The second-order valence-corrected chi connectivity index (χ2v) is 22.5. The summed E-state index contributed by atoms with van der Waals surface area (Å²) in [6.07, 6.45) is 0. The smallest absolute Gasteiger partial charge is 0.249 e. The van der Waals surface area contributed by atoms with Crippen molar-refractivity contribution in [3.8, 4) is 33.4 Å². The number of hydrogen-bond acceptors (Lipinski definition) is 2. The van der Waals surface area contributed by atoms with Crippen LogP contribution in [0.4, 0.5) is 17.1 Å². The molecule has 9 aromatic rings. The molecule has 3 aliphatic heterocycles. The van der Waals surface area contributed by atoms with Gasteiger partial charge in [-0.3, -0.25) is 0 Å². The van der Waals surface area contributed by atoms with Crippen LogP contribution in [0.3, 0.4) is 0 Å². The van der Waals surface area contributed by atoms with Crippen molar-refractivity contribution in [2.24, 2.45) is 0 Å². The minimum Gasteiger partial charge on any atom is -0.311 e. The van der Waals surface area contributed by atoms with E-state index in [1.165, 1.54) is 58.7 Å². The molecule has 62 heavy (non-hydrogen) atoms. The first-order valence-electron chi connectivity index (χ1n) is 23.9. The second kappa shape index (κ2) is 14.2. The van der Waals surface area contributed by atoms with Crippen molar-refractivity contribution in [1.29, 1.82) is 0 Å². The fraction of sp³-hybridized carbons (Fsp3) is 0.0690. The zero-order chi connectivity index (χ0) is 45.9. The van der Waals surface area contributed by atoms with Crippen LogP contribution in [0.25, 0.3) is 33.4 Å². The molecule has 0 saturated carbocycles. The Labute approximate surface area is 377 Å². The van der Waals surface area contributed by atoms with Gasteiger partial charge in [0.1, 0.15) is 0 Å². The summed E-state index contributed by atoms with van der Waals surface area (Å²) in [5.74, 6) is 0. The number of hydrogen-bond donors (Lipinski definition) is 0. The topological polar surface area (TPSA) is 3.24 Å². The summed E-state index contributed by atoms with van der Waals surface area (Å²) in [6, 6.07) is 65.3. The van der Waals surface area contributed by atoms with Gasteiger partial charge in [0, 0.05) is 26.9 Å². The van der Waals surface area contributed by atoms with Crippen LogP contribution in [-0.4, -0.2) is 14.8 Å². The largest absolute Gasteiger partial charge is 0.311 e. The predicted octanol–water partition coefficient (Wildman–Crippen LogP) is 10.4. The summed E-state index contributed by atoms with van der Waals surface area (Å²) >= 11 is 1.78. The van der Waals surface area contributed by atoms with Gasteiger partial charge in [-0.1, -0.05) is 214 Å². The van der Waals surface area contributed by atoms with Crippen molar-refractivity contribution >= 4 is 80.7 Å². The third-order valence-corrected chi connectivity index (χ3v) is 19.3. The van der Waals surface area contributed by atoms with Gasteiger partial charge < -0.3 is 4.90 Å². The van der Waals surface area contributed by atoms with Crippen LogP contribution in [0.1, 0.15) is 33.2 Å². The van der Waals surface area contributed by atoms with Gasteiger partial charge in [-0.2, -0.15) is 0 Å². The van der Waals surface area contributed by atoms with Crippen molar-refractivity contribution in [1.82, 2.24) is 0 Å². The van der Waals surface area contributed by atoms with Crippen molar-refractivity contribution in [3.05, 3.63) is 218 Å². The zero-order valence-electron chi connectivity index (χ0n) is 39.8. The van der Waals surface area contributed by atoms with E-state index in [-0.39, 0.29) is 41.9 Å². The zero-order valence-corrected chi connectivity index (χ0v) is 36.6. The molecule has 0 radical (unpaired) electrons. The lowest BCUT2D eigenvalue weighted by atomic mass is 9.34. The predicted molar refractivity (Wildman–Crippen MR) is 269 cm³/mol. The molecule has 294 valence electrons. The highest BCUT2D eigenvalue weighted by Crippen LogP contribution is 2.46. The number of fused-ring (bicyclic) bond motifs is 7. The van der Waals surface area contributed by atoms with Crippen molar-refractivity contribution in [3.63, 3.8) is 0 Å². The Morgan fingerprint density at radius 1 is 0.500 bits per heavy atom. The Morgan fingerprint density at radius 2 is 1.11 bits per heavy atom. The average molecular weight is 831 g/mol. The minimum atomic E-state index is -2.84. The molecule has 0 unspecified atom stereocenters. The van der Waals surface area contributed by atoms with E-state index in [4.69, 9.17) is 6.85 Å². The number of nitrogens with zero attached hydrogens (tertiary/aromatic N) is 1. The average Bonchev–Trinajstić information content (AvgIpc) is 3.64. The third-order valence-electron chi connectivity index (χ3n) is 13.3. The Morgan fingerprint density at radius 3 is 1.81 bits per heavy atom. The van der Waals surface area contributed by atoms with E-state index >= 15 is 0 Å². The molecule has 0 aromatic heterocycles. The van der Waals surface area contributed by atoms with E-state index in [1.807, 2.05) is 24.3 Å². The quantitative estimate of drug-likeness (QED) is 0.159. The van der Waals surface area contributed by atoms with Gasteiger partial charge in [0.15, 0.2) is 8.07 Å². The number of anilines is 3. The van der Waals surface area contributed by atoms with E-state index in [9.17, 15) is 0 Å². The van der Waals surface area contributed by atoms with Crippen LogP contribution in [0, 0.1) is 0 Å². The third kappa shape index (κ3) is 5.56. The molecule has 1 nitrogen and oxygen atoms in total. The minimum absolute atomic E-state index is 0.0384. The first kappa shape index (κ1) is 32.2. The van der Waals surface area contributed by atoms with Gasteiger partial charge in [-0.15, -0.1) is 0 Å². The molecule has 12 rings (SSSR count). The SMILES string of the molecule is [2H]c1c([2H])c([2H])c(-c2ccccc2-c2cc3c4c(c2)N(c2ccc(C(C)(C)C)cc2)c2cc5c(cc2B4c2ccccc2S3)[Si](c2ccccc2)(c2ccccc2)c2ccccc2-5)c([2H])c1[2H]. The summed E-state index contributed by atoms with van der Waals surface area (Å²) in [5.41, 5.74) is 13.3. The molecule has 0 aliphatic carbocycles. The Balaban J connectivity index is 1.19. The van der Waals surface area contributed by atoms with Crippen LogP contribution in [0.2, 0.25) is 0 Å². The second-order valence-electron chi connectivity index (χ2n) is 17.6. The maximum absolute atomic E-state index is 9.03. The molecule has 4 heteroatoms. The highest BCUT2D eigenvalue weighted by Gasteiger charge is 2.51. The lowest BCUT2D eigenvalue weighted by Crippen LogP contribution is -2.73. The van der Waals surface area contributed by atoms with Crippen LogP contribution in [0.15, 0.2) is 222 Å². The standard InChI is InChI=1S/C58H44BNSSi/c1-58(2,3)41-31-33-42(34-32-41)60-51-37-48-47-27-15-18-30-55(47)62(43-21-9-5-10-22-43,44-23-11-6-12-24-44)56(48)38-50(51)59-49-28-16-17-29-53(49)61-54-36-40(35-52(60)57(54)59)46-26-14-13-25-45(46)39-19-7-4-8-20-39/h4-38H,1-3H3/i4D,7D,8D,19D,20D. The summed E-state index contributed by atoms with van der Waals surface area (Å²) in [5, 5.41) is 5.52. The molecule has 0 amide bonds. The summed E-state index contributed by atoms with van der Waals surface area (Å²) in [7, 11) is -2.84. The Kier molecular flexibility index (Phi) is 7.39. The van der Waals surface area contributed by atoms with Gasteiger partial charge >= 0.3 is 0 Å². The highest BCUT2D eigenvalue weighted by molar-refractivity contribution is 8.00. The maximum atomic E-state index is 9.03. The van der Waals surface area contributed by atoms with Gasteiger partial charge in [0.25, 0.3) is 0 Å². The summed E-state index contributed by atoms with van der Waals surface area (Å²) in [6.45, 7) is 6.67. The first-order valence-corrected chi connectivity index (χ1v) is 24.2. The molecular weight excluding hydrogens is 782 g/mol. The molecule has 9 aromatic carbocycles. The molecular formula is C58H44BNSSi. The van der Waals surface area contributed by atoms with E-state index in [0.717, 1.165) is 33.1 Å². The van der Waals surface area contributed by atoms with Crippen LogP contribution in [-0.2, 0) is 5.41 Å². The molecule has 0 atom stereocenters. The van der Waals surface area contributed by atoms with Gasteiger partial charge in [0.2, 0.25) is 6.71 Å². The van der Waals surface area contributed by atoms with Crippen LogP contribution < -0.4 is 42.0 Å². The Bertz CT molecular complexity index is 3430. The number of rotatable bonds is 5. The van der Waals surface area contributed by atoms with Gasteiger partial charge in [-0.05, 0) is 112 Å². The van der Waals surface area contributed by atoms with Crippen LogP contribution in [0.5, 0.6) is 0 Å². The molecule has 0 fully saturated rings. The normalized spacial score (nSPS) is 15.2. The molecule has 0 saturated heterocycles. The summed E-state index contributed by atoms with van der Waals surface area (Å²) < 4.78 is 43.6. The van der Waals surface area contributed by atoms with E-state index in [1.54, 1.807) is 11.8 Å². The number of benzene rings is 9. The van der Waals surface area contributed by atoms with Crippen molar-refractivity contribution < 1.29 is 6.85 Å². The molecule has 0 N–H and O–H groups in total. The van der Waals surface area contributed by atoms with Crippen LogP contribution >= 0.6 is 11.8 Å². The van der Waals surface area contributed by atoms with E-state index < -0.39 is 14.1 Å². The lowest BCUT2D eigenvalue weighted by molar-refractivity contribution is 0.590. The first-order chi connectivity index (χ1) is 32.5. The van der Waals surface area contributed by atoms with Gasteiger partial charge in [-0.25, -0.2) is 0 Å². The summed E-state index contributed by atoms with van der Waals surface area (Å²) in [4.78, 5) is 4.80.